The molecule has 4 nitrogen and oxygen atoms in total. The van der Waals surface area contributed by atoms with E-state index in [-0.39, 0.29) is 0 Å². The minimum Gasteiger partial charge on any atom is -0.334 e. The van der Waals surface area contributed by atoms with Gasteiger partial charge in [0.1, 0.15) is 0 Å². The molecule has 1 aromatic heterocycles. The lowest BCUT2D eigenvalue weighted by Gasteiger charge is -2.17. The van der Waals surface area contributed by atoms with Gasteiger partial charge in [0.05, 0.1) is 16.1 Å². The summed E-state index contributed by atoms with van der Waals surface area (Å²) in [4.78, 5) is 4.45. The van der Waals surface area contributed by atoms with Gasteiger partial charge in [-0.2, -0.15) is 4.98 Å². The molecule has 0 spiro atoms. The normalized spacial score (nSPS) is 17.8. The standard InChI is InChI=1S/C13H13ClIN3O/c14-10-4-3-8(15)7-9(10)11-17-12(18-19-11)13(16)5-1-2-6-13/h3-4,7H,1-2,5-6,16H2. The van der Waals surface area contributed by atoms with Crippen LogP contribution in [0.4, 0.5) is 0 Å². The lowest BCUT2D eigenvalue weighted by molar-refractivity contribution is 0.372. The zero-order chi connectivity index (χ0) is 13.5. The molecular formula is C13H13ClIN3O. The van der Waals surface area contributed by atoms with Gasteiger partial charge in [0, 0.05) is 3.57 Å². The summed E-state index contributed by atoms with van der Waals surface area (Å²) >= 11 is 8.40. The third kappa shape index (κ3) is 2.51. The molecular weight excluding hydrogens is 377 g/mol. The van der Waals surface area contributed by atoms with Gasteiger partial charge in [-0.05, 0) is 53.6 Å². The molecule has 3 rings (SSSR count). The zero-order valence-corrected chi connectivity index (χ0v) is 13.1. The van der Waals surface area contributed by atoms with Gasteiger partial charge >= 0.3 is 0 Å². The average Bonchev–Trinajstić information content (AvgIpc) is 3.02. The van der Waals surface area contributed by atoms with E-state index in [4.69, 9.17) is 21.9 Å². The highest BCUT2D eigenvalue weighted by molar-refractivity contribution is 14.1. The number of rotatable bonds is 2. The van der Waals surface area contributed by atoms with Crippen LogP contribution < -0.4 is 5.73 Å². The van der Waals surface area contributed by atoms with Gasteiger partial charge < -0.3 is 10.3 Å². The smallest absolute Gasteiger partial charge is 0.259 e. The molecule has 1 heterocycles. The van der Waals surface area contributed by atoms with Gasteiger partial charge in [-0.3, -0.25) is 0 Å². The topological polar surface area (TPSA) is 64.9 Å². The summed E-state index contributed by atoms with van der Waals surface area (Å²) in [6.45, 7) is 0. The Morgan fingerprint density at radius 3 is 2.79 bits per heavy atom. The van der Waals surface area contributed by atoms with E-state index in [1.54, 1.807) is 0 Å². The van der Waals surface area contributed by atoms with Crippen molar-refractivity contribution >= 4 is 34.2 Å². The summed E-state index contributed by atoms with van der Waals surface area (Å²) in [5.41, 5.74) is 6.64. The van der Waals surface area contributed by atoms with Crippen LogP contribution in [0.3, 0.4) is 0 Å². The summed E-state index contributed by atoms with van der Waals surface area (Å²) < 4.78 is 6.40. The van der Waals surface area contributed by atoms with Crippen molar-refractivity contribution in [1.82, 2.24) is 10.1 Å². The molecule has 1 saturated carbocycles. The first-order valence-corrected chi connectivity index (χ1v) is 7.63. The number of hydrogen-bond donors (Lipinski definition) is 1. The Hall–Kier alpha value is -0.660. The molecule has 0 atom stereocenters. The van der Waals surface area contributed by atoms with E-state index < -0.39 is 5.54 Å². The highest BCUT2D eigenvalue weighted by Gasteiger charge is 2.36. The Bertz CT molecular complexity index is 608. The molecule has 2 N–H and O–H groups in total. The van der Waals surface area contributed by atoms with Crippen molar-refractivity contribution in [2.24, 2.45) is 5.73 Å². The van der Waals surface area contributed by atoms with Crippen molar-refractivity contribution in [3.8, 4) is 11.5 Å². The predicted molar refractivity (Wildman–Crippen MR) is 81.8 cm³/mol. The Balaban J connectivity index is 1.99. The SMILES string of the molecule is NC1(c2noc(-c3cc(I)ccc3Cl)n2)CCCC1. The molecule has 6 heteroatoms. The Labute approximate surface area is 129 Å². The van der Waals surface area contributed by atoms with Gasteiger partial charge in [-0.25, -0.2) is 0 Å². The summed E-state index contributed by atoms with van der Waals surface area (Å²) in [7, 11) is 0. The second-order valence-electron chi connectivity index (χ2n) is 4.91. The van der Waals surface area contributed by atoms with E-state index in [9.17, 15) is 0 Å². The maximum atomic E-state index is 6.32. The predicted octanol–water partition coefficient (Wildman–Crippen LogP) is 3.72. The summed E-state index contributed by atoms with van der Waals surface area (Å²) in [6, 6.07) is 5.69. The van der Waals surface area contributed by atoms with Crippen LogP contribution in [0.25, 0.3) is 11.5 Å². The van der Waals surface area contributed by atoms with Crippen molar-refractivity contribution in [2.45, 2.75) is 31.2 Å². The van der Waals surface area contributed by atoms with E-state index in [0.717, 1.165) is 34.8 Å². The van der Waals surface area contributed by atoms with Crippen molar-refractivity contribution in [3.05, 3.63) is 32.6 Å². The number of aromatic nitrogens is 2. The molecule has 1 aliphatic carbocycles. The largest absolute Gasteiger partial charge is 0.334 e. The molecule has 0 radical (unpaired) electrons. The Morgan fingerprint density at radius 2 is 2.05 bits per heavy atom. The van der Waals surface area contributed by atoms with Gasteiger partial charge in [-0.1, -0.05) is 29.6 Å². The number of nitrogens with zero attached hydrogens (tertiary/aromatic N) is 2. The quantitative estimate of drug-likeness (QED) is 0.795. The lowest BCUT2D eigenvalue weighted by atomic mass is 9.99. The lowest BCUT2D eigenvalue weighted by Crippen LogP contribution is -2.34. The van der Waals surface area contributed by atoms with E-state index in [2.05, 4.69) is 32.7 Å². The van der Waals surface area contributed by atoms with Crippen LogP contribution >= 0.6 is 34.2 Å². The van der Waals surface area contributed by atoms with Gasteiger partial charge in [0.25, 0.3) is 5.89 Å². The molecule has 1 aromatic carbocycles. The Kier molecular flexibility index (Phi) is 3.53. The van der Waals surface area contributed by atoms with Crippen molar-refractivity contribution < 1.29 is 4.52 Å². The van der Waals surface area contributed by atoms with E-state index in [0.29, 0.717) is 16.7 Å². The third-order valence-corrected chi connectivity index (χ3v) is 4.53. The number of benzene rings is 1. The minimum atomic E-state index is -0.434. The third-order valence-electron chi connectivity index (χ3n) is 3.53. The van der Waals surface area contributed by atoms with Crippen LogP contribution in [0.1, 0.15) is 31.5 Å². The van der Waals surface area contributed by atoms with Gasteiger partial charge in [-0.15, -0.1) is 0 Å². The van der Waals surface area contributed by atoms with Gasteiger partial charge in [0.2, 0.25) is 0 Å². The highest BCUT2D eigenvalue weighted by atomic mass is 127. The monoisotopic (exact) mass is 389 g/mol. The first kappa shape index (κ1) is 13.3. The second-order valence-corrected chi connectivity index (χ2v) is 6.56. The number of halogens is 2. The second kappa shape index (κ2) is 5.03. The first-order chi connectivity index (χ1) is 9.08. The van der Waals surface area contributed by atoms with Crippen LogP contribution in [0.15, 0.2) is 22.7 Å². The molecule has 0 aliphatic heterocycles. The average molecular weight is 390 g/mol. The van der Waals surface area contributed by atoms with Crippen LogP contribution in [0.2, 0.25) is 5.02 Å². The Morgan fingerprint density at radius 1 is 1.32 bits per heavy atom. The van der Waals surface area contributed by atoms with Crippen LogP contribution in [-0.4, -0.2) is 10.1 Å². The summed E-state index contributed by atoms with van der Waals surface area (Å²) in [6.07, 6.45) is 4.05. The fraction of sp³-hybridized carbons (Fsp3) is 0.385. The van der Waals surface area contributed by atoms with Crippen molar-refractivity contribution in [2.75, 3.05) is 0 Å². The summed E-state index contributed by atoms with van der Waals surface area (Å²) in [5, 5.41) is 4.65. The fourth-order valence-corrected chi connectivity index (χ4v) is 3.12. The van der Waals surface area contributed by atoms with Crippen LogP contribution in [-0.2, 0) is 5.54 Å². The minimum absolute atomic E-state index is 0.434. The molecule has 0 unspecified atom stereocenters. The molecule has 1 aliphatic rings. The van der Waals surface area contributed by atoms with E-state index in [1.807, 2.05) is 18.2 Å². The van der Waals surface area contributed by atoms with Crippen LogP contribution in [0.5, 0.6) is 0 Å². The maximum Gasteiger partial charge on any atom is 0.259 e. The maximum absolute atomic E-state index is 6.32. The van der Waals surface area contributed by atoms with Crippen LogP contribution in [0, 0.1) is 3.57 Å². The molecule has 100 valence electrons. The van der Waals surface area contributed by atoms with E-state index >= 15 is 0 Å². The molecule has 19 heavy (non-hydrogen) atoms. The van der Waals surface area contributed by atoms with E-state index in [1.165, 1.54) is 0 Å². The molecule has 1 fully saturated rings. The van der Waals surface area contributed by atoms with Crippen molar-refractivity contribution in [3.63, 3.8) is 0 Å². The number of nitrogens with two attached hydrogens (primary N) is 1. The summed E-state index contributed by atoms with van der Waals surface area (Å²) in [5.74, 6) is 1.03. The molecule has 0 saturated heterocycles. The first-order valence-electron chi connectivity index (χ1n) is 6.17. The fourth-order valence-electron chi connectivity index (χ4n) is 2.43. The molecule has 0 amide bonds. The van der Waals surface area contributed by atoms with Crippen molar-refractivity contribution in [1.29, 1.82) is 0 Å². The van der Waals surface area contributed by atoms with Gasteiger partial charge in [0.15, 0.2) is 5.82 Å². The highest BCUT2D eigenvalue weighted by Crippen LogP contribution is 2.36. The zero-order valence-electron chi connectivity index (χ0n) is 10.2. The molecule has 0 bridgehead atoms. The number of hydrogen-bond acceptors (Lipinski definition) is 4. The molecule has 2 aromatic rings.